The summed E-state index contributed by atoms with van der Waals surface area (Å²) in [6.45, 7) is 1.20. The number of sulfonamides is 1. The highest BCUT2D eigenvalue weighted by atomic mass is 35.5. The second kappa shape index (κ2) is 15.2. The molecule has 4 aromatic carbocycles. The fourth-order valence-electron chi connectivity index (χ4n) is 5.82. The second-order valence-corrected chi connectivity index (χ2v) is 14.3. The number of hydrogen-bond acceptors (Lipinski definition) is 4. The molecule has 1 N–H and O–H groups in total. The Bertz CT molecular complexity index is 1760. The number of benzene rings is 4. The Balaban J connectivity index is 1.59. The molecular formula is C36H37Cl2N3O4S. The number of carbonyl (C=O) groups excluding carboxylic acids is 2. The first-order valence-electron chi connectivity index (χ1n) is 15.3. The number of rotatable bonds is 12. The van der Waals surface area contributed by atoms with Gasteiger partial charge < -0.3 is 10.2 Å². The molecule has 10 heteroatoms. The van der Waals surface area contributed by atoms with Crippen LogP contribution in [-0.2, 0) is 32.6 Å². The molecule has 0 bridgehead atoms. The van der Waals surface area contributed by atoms with Crippen molar-refractivity contribution in [3.63, 3.8) is 0 Å². The summed E-state index contributed by atoms with van der Waals surface area (Å²) in [5.74, 6) is -0.839. The fraction of sp³-hybridized carbons (Fsp3) is 0.278. The first-order chi connectivity index (χ1) is 22.1. The smallest absolute Gasteiger partial charge is 0.264 e. The molecule has 5 rings (SSSR count). The number of aryl methyl sites for hydroxylation is 1. The van der Waals surface area contributed by atoms with Crippen LogP contribution < -0.4 is 9.62 Å². The van der Waals surface area contributed by atoms with Crippen molar-refractivity contribution in [2.75, 3.05) is 10.8 Å². The topological polar surface area (TPSA) is 86.8 Å². The Hall–Kier alpha value is -3.85. The van der Waals surface area contributed by atoms with Crippen LogP contribution in [0.3, 0.4) is 0 Å². The third-order valence-electron chi connectivity index (χ3n) is 8.32. The van der Waals surface area contributed by atoms with Gasteiger partial charge in [-0.2, -0.15) is 0 Å². The highest BCUT2D eigenvalue weighted by Gasteiger charge is 2.36. The first-order valence-corrected chi connectivity index (χ1v) is 17.5. The fourth-order valence-corrected chi connectivity index (χ4v) is 7.67. The normalized spacial score (nSPS) is 14.1. The summed E-state index contributed by atoms with van der Waals surface area (Å²) in [5, 5.41) is 3.94. The van der Waals surface area contributed by atoms with E-state index in [0.717, 1.165) is 35.6 Å². The Labute approximate surface area is 281 Å². The molecule has 240 valence electrons. The quantitative estimate of drug-likeness (QED) is 0.172. The maximum absolute atomic E-state index is 14.7. The SMILES string of the molecule is Cc1ccc(Cl)cc1N(CC(=O)N(Cc1ccccc1Cl)[C@@H](Cc1ccccc1)C(=O)NC1CCCC1)S(=O)(=O)c1ccccc1. The highest BCUT2D eigenvalue weighted by Crippen LogP contribution is 2.30. The van der Waals surface area contributed by atoms with Crippen LogP contribution in [0.4, 0.5) is 5.69 Å². The summed E-state index contributed by atoms with van der Waals surface area (Å²) in [7, 11) is -4.23. The van der Waals surface area contributed by atoms with Gasteiger partial charge in [-0.15, -0.1) is 0 Å². The Morgan fingerprint density at radius 3 is 2.17 bits per heavy atom. The molecule has 1 aliphatic rings. The van der Waals surface area contributed by atoms with E-state index in [-0.39, 0.29) is 35.5 Å². The lowest BCUT2D eigenvalue weighted by atomic mass is 10.0. The summed E-state index contributed by atoms with van der Waals surface area (Å²) in [4.78, 5) is 30.3. The summed E-state index contributed by atoms with van der Waals surface area (Å²) >= 11 is 12.9. The molecule has 0 spiro atoms. The van der Waals surface area contributed by atoms with Crippen LogP contribution >= 0.6 is 23.2 Å². The molecule has 0 heterocycles. The molecule has 0 radical (unpaired) electrons. The summed E-state index contributed by atoms with van der Waals surface area (Å²) < 4.78 is 29.5. The van der Waals surface area contributed by atoms with Crippen LogP contribution in [0, 0.1) is 6.92 Å². The van der Waals surface area contributed by atoms with Gasteiger partial charge in [0.2, 0.25) is 11.8 Å². The minimum atomic E-state index is -4.23. The number of anilines is 1. The minimum absolute atomic E-state index is 0.00183. The Morgan fingerprint density at radius 2 is 1.50 bits per heavy atom. The van der Waals surface area contributed by atoms with Gasteiger partial charge in [0, 0.05) is 29.1 Å². The van der Waals surface area contributed by atoms with Crippen molar-refractivity contribution in [1.29, 1.82) is 0 Å². The van der Waals surface area contributed by atoms with E-state index in [1.54, 1.807) is 55.5 Å². The summed E-state index contributed by atoms with van der Waals surface area (Å²) in [6.07, 6.45) is 4.04. The number of nitrogens with zero attached hydrogens (tertiary/aromatic N) is 2. The standard InChI is InChI=1S/C36H37Cl2N3O4S/c1-26-20-21-29(37)23-33(26)41(46(44,45)31-17-6-3-7-18-31)25-35(42)40(24-28-14-8-11-19-32(28)38)34(22-27-12-4-2-5-13-27)36(43)39-30-15-9-10-16-30/h2-8,11-14,17-21,23,30,34H,9-10,15-16,22,24-25H2,1H3,(H,39,43)/t34-/m0/s1. The maximum atomic E-state index is 14.7. The molecule has 0 saturated heterocycles. The summed E-state index contributed by atoms with van der Waals surface area (Å²) in [6, 6.07) is 28.6. The van der Waals surface area contributed by atoms with E-state index in [9.17, 15) is 18.0 Å². The van der Waals surface area contributed by atoms with Crippen molar-refractivity contribution in [2.24, 2.45) is 0 Å². The van der Waals surface area contributed by atoms with Crippen molar-refractivity contribution in [2.45, 2.75) is 62.6 Å². The van der Waals surface area contributed by atoms with Crippen molar-refractivity contribution in [3.8, 4) is 0 Å². The van der Waals surface area contributed by atoms with E-state index in [1.807, 2.05) is 36.4 Å². The lowest BCUT2D eigenvalue weighted by Gasteiger charge is -2.35. The van der Waals surface area contributed by atoms with Gasteiger partial charge in [-0.3, -0.25) is 13.9 Å². The molecule has 0 unspecified atom stereocenters. The molecule has 0 aliphatic heterocycles. The zero-order valence-electron chi connectivity index (χ0n) is 25.6. The van der Waals surface area contributed by atoms with Crippen LogP contribution in [0.15, 0.2) is 108 Å². The van der Waals surface area contributed by atoms with Crippen LogP contribution in [0.25, 0.3) is 0 Å². The van der Waals surface area contributed by atoms with Crippen LogP contribution in [-0.4, -0.2) is 43.8 Å². The molecule has 1 fully saturated rings. The van der Waals surface area contributed by atoms with Crippen molar-refractivity contribution in [1.82, 2.24) is 10.2 Å². The van der Waals surface area contributed by atoms with E-state index in [1.165, 1.54) is 23.1 Å². The van der Waals surface area contributed by atoms with Gasteiger partial charge in [0.15, 0.2) is 0 Å². The van der Waals surface area contributed by atoms with E-state index in [0.29, 0.717) is 21.2 Å². The lowest BCUT2D eigenvalue weighted by Crippen LogP contribution is -2.54. The molecule has 0 aromatic heterocycles. The van der Waals surface area contributed by atoms with Crippen LogP contribution in [0.1, 0.15) is 42.4 Å². The molecule has 7 nitrogen and oxygen atoms in total. The number of hydrogen-bond donors (Lipinski definition) is 1. The van der Waals surface area contributed by atoms with Gasteiger partial charge in [-0.25, -0.2) is 8.42 Å². The average Bonchev–Trinajstić information content (AvgIpc) is 3.57. The van der Waals surface area contributed by atoms with Gasteiger partial charge >= 0.3 is 0 Å². The number of nitrogens with one attached hydrogen (secondary N) is 1. The molecular weight excluding hydrogens is 641 g/mol. The number of halogens is 2. The second-order valence-electron chi connectivity index (χ2n) is 11.6. The monoisotopic (exact) mass is 677 g/mol. The zero-order valence-corrected chi connectivity index (χ0v) is 27.9. The van der Waals surface area contributed by atoms with Crippen LogP contribution in [0.2, 0.25) is 10.0 Å². The first kappa shape index (κ1) is 33.5. The van der Waals surface area contributed by atoms with Crippen molar-refractivity contribution in [3.05, 3.63) is 130 Å². The van der Waals surface area contributed by atoms with E-state index in [4.69, 9.17) is 23.2 Å². The molecule has 2 amide bonds. The van der Waals surface area contributed by atoms with Gasteiger partial charge in [0.25, 0.3) is 10.0 Å². The molecule has 1 atom stereocenters. The molecule has 46 heavy (non-hydrogen) atoms. The van der Waals surface area contributed by atoms with Crippen molar-refractivity contribution < 1.29 is 18.0 Å². The predicted octanol–water partition coefficient (Wildman–Crippen LogP) is 7.20. The van der Waals surface area contributed by atoms with Gasteiger partial charge in [0.1, 0.15) is 12.6 Å². The lowest BCUT2D eigenvalue weighted by molar-refractivity contribution is -0.140. The van der Waals surface area contributed by atoms with Gasteiger partial charge in [0.05, 0.1) is 10.6 Å². The van der Waals surface area contributed by atoms with E-state index >= 15 is 0 Å². The van der Waals surface area contributed by atoms with Gasteiger partial charge in [-0.1, -0.05) is 109 Å². The van der Waals surface area contributed by atoms with Crippen LogP contribution in [0.5, 0.6) is 0 Å². The largest absolute Gasteiger partial charge is 0.352 e. The Kier molecular flexibility index (Phi) is 11.0. The predicted molar refractivity (Wildman–Crippen MR) is 183 cm³/mol. The minimum Gasteiger partial charge on any atom is -0.352 e. The summed E-state index contributed by atoms with van der Waals surface area (Å²) in [5.41, 5.74) is 2.40. The van der Waals surface area contributed by atoms with Crippen molar-refractivity contribution >= 4 is 50.7 Å². The van der Waals surface area contributed by atoms with Gasteiger partial charge in [-0.05, 0) is 66.8 Å². The highest BCUT2D eigenvalue weighted by molar-refractivity contribution is 7.92. The van der Waals surface area contributed by atoms with E-state index < -0.39 is 28.5 Å². The number of amides is 2. The zero-order chi connectivity index (χ0) is 32.7. The third-order valence-corrected chi connectivity index (χ3v) is 10.7. The molecule has 1 saturated carbocycles. The molecule has 4 aromatic rings. The maximum Gasteiger partial charge on any atom is 0.264 e. The third kappa shape index (κ3) is 8.10. The Morgan fingerprint density at radius 1 is 0.870 bits per heavy atom. The average molecular weight is 679 g/mol. The van der Waals surface area contributed by atoms with E-state index in [2.05, 4.69) is 5.32 Å². The molecule has 1 aliphatic carbocycles. The number of carbonyl (C=O) groups is 2.